The maximum absolute atomic E-state index is 9.20. The number of hydrogen-bond donors (Lipinski definition) is 1. The highest BCUT2D eigenvalue weighted by Gasteiger charge is 2.24. The van der Waals surface area contributed by atoms with Crippen LogP contribution in [0.25, 0.3) is 22.4 Å². The van der Waals surface area contributed by atoms with Crippen molar-refractivity contribution < 1.29 is 4.74 Å². The van der Waals surface area contributed by atoms with Gasteiger partial charge in [-0.2, -0.15) is 10.2 Å². The number of pyridine rings is 1. The normalized spacial score (nSPS) is 14.2. The monoisotopic (exact) mass is 429 g/mol. The van der Waals surface area contributed by atoms with E-state index in [2.05, 4.69) is 16.0 Å². The highest BCUT2D eigenvalue weighted by molar-refractivity contribution is 5.85. The van der Waals surface area contributed by atoms with Gasteiger partial charge >= 0.3 is 0 Å². The molecule has 3 aromatic rings. The number of nitrogens with two attached hydrogens (primary N) is 1. The summed E-state index contributed by atoms with van der Waals surface area (Å²) in [7, 11) is 5.52. The van der Waals surface area contributed by atoms with Gasteiger partial charge in [0, 0.05) is 50.6 Å². The lowest BCUT2D eigenvalue weighted by molar-refractivity contribution is 0.397. The summed E-state index contributed by atoms with van der Waals surface area (Å²) in [6.45, 7) is 1.60. The number of nitrogens with zero attached hydrogens (tertiary/aromatic N) is 6. The quantitative estimate of drug-likeness (QED) is 0.660. The minimum Gasteiger partial charge on any atom is -0.480 e. The molecule has 0 aliphatic carbocycles. The number of anilines is 2. The Labute approximate surface area is 188 Å². The van der Waals surface area contributed by atoms with Crippen LogP contribution >= 0.6 is 0 Å². The van der Waals surface area contributed by atoms with Gasteiger partial charge in [-0.05, 0) is 37.1 Å². The van der Waals surface area contributed by atoms with Crippen molar-refractivity contribution in [1.29, 1.82) is 5.26 Å². The highest BCUT2D eigenvalue weighted by Crippen LogP contribution is 2.39. The van der Waals surface area contributed by atoms with E-state index in [0.29, 0.717) is 17.4 Å². The van der Waals surface area contributed by atoms with Gasteiger partial charge in [0.15, 0.2) is 0 Å². The third-order valence-electron chi connectivity index (χ3n) is 5.66. The molecule has 1 fully saturated rings. The van der Waals surface area contributed by atoms with Gasteiger partial charge < -0.3 is 20.3 Å². The van der Waals surface area contributed by atoms with Gasteiger partial charge in [-0.1, -0.05) is 12.1 Å². The van der Waals surface area contributed by atoms with E-state index in [0.717, 1.165) is 54.1 Å². The van der Waals surface area contributed by atoms with Crippen LogP contribution in [0, 0.1) is 11.3 Å². The van der Waals surface area contributed by atoms with E-state index in [1.54, 1.807) is 19.2 Å². The first-order valence-corrected chi connectivity index (χ1v) is 10.6. The number of ether oxygens (including phenoxy) is 1. The van der Waals surface area contributed by atoms with Crippen molar-refractivity contribution in [2.75, 3.05) is 44.1 Å². The van der Waals surface area contributed by atoms with E-state index in [-0.39, 0.29) is 6.04 Å². The molecule has 32 heavy (non-hydrogen) atoms. The molecule has 1 aliphatic rings. The van der Waals surface area contributed by atoms with Gasteiger partial charge in [0.2, 0.25) is 11.8 Å². The lowest BCUT2D eigenvalue weighted by Crippen LogP contribution is -2.40. The van der Waals surface area contributed by atoms with E-state index in [1.165, 1.54) is 0 Å². The van der Waals surface area contributed by atoms with E-state index >= 15 is 0 Å². The number of piperidine rings is 1. The summed E-state index contributed by atoms with van der Waals surface area (Å²) in [5, 5.41) is 9.20. The Morgan fingerprint density at radius 3 is 2.31 bits per heavy atom. The molecule has 8 heteroatoms. The van der Waals surface area contributed by atoms with Crippen LogP contribution in [0.1, 0.15) is 18.4 Å². The second-order valence-corrected chi connectivity index (χ2v) is 8.07. The molecule has 0 spiro atoms. The first-order chi connectivity index (χ1) is 15.5. The molecular formula is C24H27N7O. The summed E-state index contributed by atoms with van der Waals surface area (Å²) in [5.41, 5.74) is 9.93. The Hall–Kier alpha value is -3.70. The fourth-order valence-corrected chi connectivity index (χ4v) is 3.79. The van der Waals surface area contributed by atoms with Gasteiger partial charge in [-0.3, -0.25) is 0 Å². The summed E-state index contributed by atoms with van der Waals surface area (Å²) in [6.07, 6.45) is 3.61. The molecule has 1 aliphatic heterocycles. The van der Waals surface area contributed by atoms with Gasteiger partial charge in [0.25, 0.3) is 0 Å². The zero-order valence-electron chi connectivity index (χ0n) is 18.6. The molecule has 2 N–H and O–H groups in total. The first kappa shape index (κ1) is 21.5. The number of nitriles is 1. The predicted octanol–water partition coefficient (Wildman–Crippen LogP) is 3.08. The van der Waals surface area contributed by atoms with Crippen molar-refractivity contribution >= 4 is 11.8 Å². The Bertz CT molecular complexity index is 1110. The first-order valence-electron chi connectivity index (χ1n) is 10.6. The third-order valence-corrected chi connectivity index (χ3v) is 5.66. The van der Waals surface area contributed by atoms with Crippen LogP contribution in [0.3, 0.4) is 0 Å². The van der Waals surface area contributed by atoms with Crippen molar-refractivity contribution in [1.82, 2.24) is 15.0 Å². The largest absolute Gasteiger partial charge is 0.480 e. The number of benzene rings is 1. The highest BCUT2D eigenvalue weighted by atomic mass is 16.5. The second-order valence-electron chi connectivity index (χ2n) is 8.07. The van der Waals surface area contributed by atoms with Crippen molar-refractivity contribution in [3.8, 4) is 34.3 Å². The zero-order chi connectivity index (χ0) is 22.7. The maximum Gasteiger partial charge on any atom is 0.229 e. The summed E-state index contributed by atoms with van der Waals surface area (Å²) < 4.78 is 5.74. The van der Waals surface area contributed by atoms with E-state index in [1.807, 2.05) is 49.5 Å². The molecule has 0 unspecified atom stereocenters. The third kappa shape index (κ3) is 4.34. The molecule has 0 amide bonds. The average Bonchev–Trinajstić information content (AvgIpc) is 2.83. The van der Waals surface area contributed by atoms with Gasteiger partial charge in [0.05, 0.1) is 30.0 Å². The molecule has 164 valence electrons. The topological polar surface area (TPSA) is 104 Å². The molecule has 1 saturated heterocycles. The van der Waals surface area contributed by atoms with Crippen LogP contribution in [-0.4, -0.2) is 55.3 Å². The fourth-order valence-electron chi connectivity index (χ4n) is 3.79. The summed E-state index contributed by atoms with van der Waals surface area (Å²) in [5.74, 6) is 1.97. The lowest BCUT2D eigenvalue weighted by atomic mass is 10.0. The number of aromatic nitrogens is 3. The molecular weight excluding hydrogens is 402 g/mol. The molecule has 8 nitrogen and oxygen atoms in total. The number of rotatable bonds is 5. The Kier molecular flexibility index (Phi) is 6.19. The van der Waals surface area contributed by atoms with Crippen molar-refractivity contribution in [2.24, 2.45) is 5.73 Å². The van der Waals surface area contributed by atoms with Crippen LogP contribution < -0.4 is 20.3 Å². The minimum absolute atomic E-state index is 0.215. The second kappa shape index (κ2) is 9.20. The van der Waals surface area contributed by atoms with Crippen LogP contribution in [0.2, 0.25) is 0 Å². The van der Waals surface area contributed by atoms with Crippen molar-refractivity contribution in [3.05, 3.63) is 48.2 Å². The number of hydrogen-bond acceptors (Lipinski definition) is 8. The molecule has 0 radical (unpaired) electrons. The smallest absolute Gasteiger partial charge is 0.229 e. The Morgan fingerprint density at radius 1 is 1.06 bits per heavy atom. The van der Waals surface area contributed by atoms with Gasteiger partial charge in [0.1, 0.15) is 5.82 Å². The SMILES string of the molecule is COc1nc(N2CCC(N)CC2)nc(-c2ccc(C#N)cc2)c1-c1ccc(N(C)C)nc1. The van der Waals surface area contributed by atoms with Crippen molar-refractivity contribution in [3.63, 3.8) is 0 Å². The fraction of sp³-hybridized carbons (Fsp3) is 0.333. The standard InChI is InChI=1S/C24H27N7O/c1-30(2)20-9-8-18(15-27-20)21-22(17-6-4-16(14-25)5-7-17)28-24(29-23(21)32-3)31-12-10-19(26)11-13-31/h4-9,15,19H,10-13,26H2,1-3H3. The van der Waals surface area contributed by atoms with Crippen LogP contribution in [0.4, 0.5) is 11.8 Å². The Morgan fingerprint density at radius 2 is 1.75 bits per heavy atom. The van der Waals surface area contributed by atoms with E-state index < -0.39 is 0 Å². The zero-order valence-corrected chi connectivity index (χ0v) is 18.6. The average molecular weight is 430 g/mol. The van der Waals surface area contributed by atoms with Crippen LogP contribution in [0.15, 0.2) is 42.6 Å². The predicted molar refractivity (Wildman–Crippen MR) is 126 cm³/mol. The minimum atomic E-state index is 0.215. The molecule has 1 aromatic carbocycles. The summed E-state index contributed by atoms with van der Waals surface area (Å²) in [6, 6.07) is 13.7. The molecule has 3 heterocycles. The molecule has 0 atom stereocenters. The van der Waals surface area contributed by atoms with Gasteiger partial charge in [-0.15, -0.1) is 0 Å². The Balaban J connectivity index is 1.87. The van der Waals surface area contributed by atoms with Crippen LogP contribution in [-0.2, 0) is 0 Å². The lowest BCUT2D eigenvalue weighted by Gasteiger charge is -2.31. The van der Waals surface area contributed by atoms with Crippen molar-refractivity contribution in [2.45, 2.75) is 18.9 Å². The molecule has 2 aromatic heterocycles. The maximum atomic E-state index is 9.20. The van der Waals surface area contributed by atoms with Gasteiger partial charge in [-0.25, -0.2) is 9.97 Å². The van der Waals surface area contributed by atoms with Crippen LogP contribution in [0.5, 0.6) is 5.88 Å². The van der Waals surface area contributed by atoms with E-state index in [4.69, 9.17) is 20.4 Å². The molecule has 4 rings (SSSR count). The summed E-state index contributed by atoms with van der Waals surface area (Å²) in [4.78, 5) is 18.4. The molecule has 0 bridgehead atoms. The summed E-state index contributed by atoms with van der Waals surface area (Å²) >= 11 is 0. The molecule has 0 saturated carbocycles. The van der Waals surface area contributed by atoms with E-state index in [9.17, 15) is 5.26 Å². The number of methoxy groups -OCH3 is 1.